The zero-order chi connectivity index (χ0) is 15.3. The molecule has 0 aromatic heterocycles. The Kier molecular flexibility index (Phi) is 6.88. The topological polar surface area (TPSA) is 46.2 Å². The van der Waals surface area contributed by atoms with Gasteiger partial charge in [-0.15, -0.1) is 0 Å². The van der Waals surface area contributed by atoms with Crippen LogP contribution in [0.2, 0.25) is 0 Å². The van der Waals surface area contributed by atoms with Crippen LogP contribution in [0.4, 0.5) is 0 Å². The summed E-state index contributed by atoms with van der Waals surface area (Å²) in [5, 5.41) is 4.35. The predicted octanol–water partition coefficient (Wildman–Crippen LogP) is 3.24. The van der Waals surface area contributed by atoms with Crippen molar-refractivity contribution in [2.24, 2.45) is 5.92 Å². The molecule has 3 nitrogen and oxygen atoms in total. The van der Waals surface area contributed by atoms with E-state index in [0.29, 0.717) is 17.2 Å². The van der Waals surface area contributed by atoms with E-state index in [1.54, 1.807) is 0 Å². The average molecular weight is 334 g/mol. The van der Waals surface area contributed by atoms with Crippen molar-refractivity contribution in [3.63, 3.8) is 0 Å². The fourth-order valence-electron chi connectivity index (χ4n) is 3.86. The van der Waals surface area contributed by atoms with Gasteiger partial charge in [-0.3, -0.25) is 0 Å². The Balaban J connectivity index is 2.04. The summed E-state index contributed by atoms with van der Waals surface area (Å²) in [4.78, 5) is 0. The Labute approximate surface area is 135 Å². The molecule has 2 rings (SSSR count). The first-order chi connectivity index (χ1) is 10.0. The molecule has 4 atom stereocenters. The zero-order valence-corrected chi connectivity index (χ0v) is 15.1. The smallest absolute Gasteiger partial charge is 0.150 e. The predicted molar refractivity (Wildman–Crippen MR) is 92.8 cm³/mol. The lowest BCUT2D eigenvalue weighted by Gasteiger charge is -2.39. The van der Waals surface area contributed by atoms with E-state index in [1.165, 1.54) is 37.7 Å². The molecule has 1 heterocycles. The van der Waals surface area contributed by atoms with Gasteiger partial charge in [-0.05, 0) is 56.7 Å². The second-order valence-corrected chi connectivity index (χ2v) is 10.4. The molecule has 0 aromatic carbocycles. The van der Waals surface area contributed by atoms with Crippen molar-refractivity contribution in [2.45, 2.75) is 74.8 Å². The molecule has 2 aliphatic rings. The monoisotopic (exact) mass is 333 g/mol. The van der Waals surface area contributed by atoms with Gasteiger partial charge in [0.1, 0.15) is 9.84 Å². The van der Waals surface area contributed by atoms with E-state index in [4.69, 9.17) is 0 Å². The zero-order valence-electron chi connectivity index (χ0n) is 13.5. The molecule has 1 aliphatic heterocycles. The molecule has 2 fully saturated rings. The average Bonchev–Trinajstić information content (AvgIpc) is 2.48. The molecule has 1 saturated carbocycles. The van der Waals surface area contributed by atoms with Crippen LogP contribution in [0.25, 0.3) is 0 Å². The molecule has 1 N–H and O–H groups in total. The maximum atomic E-state index is 11.9. The Bertz CT molecular complexity index is 405. The van der Waals surface area contributed by atoms with Crippen molar-refractivity contribution in [2.75, 3.05) is 18.6 Å². The lowest BCUT2D eigenvalue weighted by atomic mass is 9.81. The minimum Gasteiger partial charge on any atom is -0.313 e. The van der Waals surface area contributed by atoms with Crippen LogP contribution in [0.3, 0.4) is 0 Å². The quantitative estimate of drug-likeness (QED) is 0.810. The van der Waals surface area contributed by atoms with Crippen LogP contribution < -0.4 is 5.32 Å². The molecule has 5 heteroatoms. The van der Waals surface area contributed by atoms with Gasteiger partial charge in [0.15, 0.2) is 0 Å². The summed E-state index contributed by atoms with van der Waals surface area (Å²) < 4.78 is 23.8. The van der Waals surface area contributed by atoms with Crippen LogP contribution in [0, 0.1) is 5.92 Å². The van der Waals surface area contributed by atoms with Gasteiger partial charge in [0.2, 0.25) is 0 Å². The third kappa shape index (κ3) is 5.14. The third-order valence-corrected chi connectivity index (χ3v) is 8.15. The van der Waals surface area contributed by atoms with Crippen molar-refractivity contribution in [3.8, 4) is 0 Å². The van der Waals surface area contributed by atoms with Crippen molar-refractivity contribution in [1.82, 2.24) is 5.32 Å². The normalized spacial score (nSPS) is 32.8. The largest absolute Gasteiger partial charge is 0.313 e. The first-order valence-electron chi connectivity index (χ1n) is 8.56. The molecule has 0 bridgehead atoms. The Morgan fingerprint density at radius 2 is 2.00 bits per heavy atom. The SMILES string of the molecule is CCCNC(C1CCCC(S(C)(=O)=O)C1)C1CCCCS1. The maximum absolute atomic E-state index is 11.9. The van der Waals surface area contributed by atoms with E-state index in [0.717, 1.165) is 32.2 Å². The van der Waals surface area contributed by atoms with Gasteiger partial charge < -0.3 is 5.32 Å². The molecule has 0 amide bonds. The third-order valence-electron chi connectivity index (χ3n) is 5.03. The van der Waals surface area contributed by atoms with E-state index in [-0.39, 0.29) is 5.25 Å². The standard InChI is InChI=1S/C16H31NO2S2/c1-3-10-17-16(15-9-4-5-11-20-15)13-7-6-8-14(12-13)21(2,18)19/h13-17H,3-12H2,1-2H3. The lowest BCUT2D eigenvalue weighted by Crippen LogP contribution is -2.48. The first-order valence-corrected chi connectivity index (χ1v) is 11.6. The maximum Gasteiger partial charge on any atom is 0.150 e. The molecule has 0 spiro atoms. The summed E-state index contributed by atoms with van der Waals surface area (Å²) in [5.74, 6) is 1.82. The van der Waals surface area contributed by atoms with E-state index in [1.807, 2.05) is 0 Å². The summed E-state index contributed by atoms with van der Waals surface area (Å²) in [5.41, 5.74) is 0. The van der Waals surface area contributed by atoms with Crippen molar-refractivity contribution in [1.29, 1.82) is 0 Å². The summed E-state index contributed by atoms with van der Waals surface area (Å²) in [7, 11) is -2.88. The second kappa shape index (κ2) is 8.21. The molecular weight excluding hydrogens is 302 g/mol. The number of rotatable bonds is 6. The second-order valence-electron chi connectivity index (χ2n) is 6.76. The van der Waals surface area contributed by atoms with E-state index >= 15 is 0 Å². The van der Waals surface area contributed by atoms with Crippen LogP contribution in [-0.4, -0.2) is 43.5 Å². The molecule has 21 heavy (non-hydrogen) atoms. The van der Waals surface area contributed by atoms with Gasteiger partial charge in [-0.25, -0.2) is 8.42 Å². The van der Waals surface area contributed by atoms with Crippen LogP contribution in [-0.2, 0) is 9.84 Å². The number of hydrogen-bond acceptors (Lipinski definition) is 4. The van der Waals surface area contributed by atoms with Gasteiger partial charge in [-0.2, -0.15) is 11.8 Å². The fraction of sp³-hybridized carbons (Fsp3) is 1.00. The first kappa shape index (κ1) is 17.6. The van der Waals surface area contributed by atoms with Crippen LogP contribution >= 0.6 is 11.8 Å². The van der Waals surface area contributed by atoms with Gasteiger partial charge in [0.25, 0.3) is 0 Å². The molecule has 4 unspecified atom stereocenters. The van der Waals surface area contributed by atoms with Gasteiger partial charge in [-0.1, -0.05) is 19.8 Å². The highest BCUT2D eigenvalue weighted by atomic mass is 32.2. The lowest BCUT2D eigenvalue weighted by molar-refractivity contribution is 0.259. The minimum absolute atomic E-state index is 0.101. The van der Waals surface area contributed by atoms with Gasteiger partial charge in [0, 0.05) is 17.5 Å². The highest BCUT2D eigenvalue weighted by Crippen LogP contribution is 2.37. The van der Waals surface area contributed by atoms with Crippen LogP contribution in [0.5, 0.6) is 0 Å². The van der Waals surface area contributed by atoms with E-state index in [9.17, 15) is 8.42 Å². The fourth-order valence-corrected chi connectivity index (χ4v) is 6.58. The summed E-state index contributed by atoms with van der Waals surface area (Å²) in [6.07, 6.45) is 10.6. The van der Waals surface area contributed by atoms with Crippen LogP contribution in [0.15, 0.2) is 0 Å². The number of nitrogens with one attached hydrogen (secondary N) is 1. The minimum atomic E-state index is -2.88. The highest BCUT2D eigenvalue weighted by molar-refractivity contribution is 8.00. The van der Waals surface area contributed by atoms with Crippen molar-refractivity contribution >= 4 is 21.6 Å². The molecule has 1 aliphatic carbocycles. The van der Waals surface area contributed by atoms with Crippen LogP contribution in [0.1, 0.15) is 58.3 Å². The number of thioether (sulfide) groups is 1. The molecule has 1 saturated heterocycles. The van der Waals surface area contributed by atoms with Gasteiger partial charge in [0.05, 0.1) is 5.25 Å². The molecule has 0 aromatic rings. The van der Waals surface area contributed by atoms with Crippen molar-refractivity contribution in [3.05, 3.63) is 0 Å². The number of sulfone groups is 1. The highest BCUT2D eigenvalue weighted by Gasteiger charge is 2.36. The van der Waals surface area contributed by atoms with Gasteiger partial charge >= 0.3 is 0 Å². The Hall–Kier alpha value is 0.260. The summed E-state index contributed by atoms with van der Waals surface area (Å²) in [6, 6.07) is 0.514. The molecule has 124 valence electrons. The number of hydrogen-bond donors (Lipinski definition) is 1. The summed E-state index contributed by atoms with van der Waals surface area (Å²) in [6.45, 7) is 3.26. The Morgan fingerprint density at radius 3 is 2.62 bits per heavy atom. The Morgan fingerprint density at radius 1 is 1.19 bits per heavy atom. The van der Waals surface area contributed by atoms with E-state index in [2.05, 4.69) is 24.0 Å². The van der Waals surface area contributed by atoms with E-state index < -0.39 is 9.84 Å². The molecule has 0 radical (unpaired) electrons. The molecular formula is C16H31NO2S2. The summed E-state index contributed by atoms with van der Waals surface area (Å²) >= 11 is 2.11. The van der Waals surface area contributed by atoms with Crippen molar-refractivity contribution < 1.29 is 8.42 Å².